The highest BCUT2D eigenvalue weighted by Crippen LogP contribution is 2.35. The Labute approximate surface area is 144 Å². The van der Waals surface area contributed by atoms with Gasteiger partial charge in [0.25, 0.3) is 0 Å². The summed E-state index contributed by atoms with van der Waals surface area (Å²) in [6.45, 7) is 8.95. The van der Waals surface area contributed by atoms with Crippen LogP contribution in [0, 0.1) is 11.3 Å². The first kappa shape index (κ1) is 18.2. The fraction of sp³-hybridized carbons (Fsp3) is 0.500. The maximum atomic E-state index is 12.2. The summed E-state index contributed by atoms with van der Waals surface area (Å²) in [5, 5.41) is 10.1. The lowest BCUT2D eigenvalue weighted by Crippen LogP contribution is -2.26. The molecule has 1 aromatic carbocycles. The molecule has 2 rings (SSSR count). The van der Waals surface area contributed by atoms with Crippen LogP contribution >= 0.6 is 0 Å². The molecule has 0 radical (unpaired) electrons. The Kier molecular flexibility index (Phi) is 5.81. The highest BCUT2D eigenvalue weighted by atomic mass is 16.5. The molecule has 1 aliphatic carbocycles. The molecule has 4 nitrogen and oxygen atoms in total. The molecule has 0 fully saturated rings. The van der Waals surface area contributed by atoms with Gasteiger partial charge in [0.05, 0.1) is 17.9 Å². The van der Waals surface area contributed by atoms with Crippen LogP contribution in [0.5, 0.6) is 5.75 Å². The van der Waals surface area contributed by atoms with Gasteiger partial charge in [0.1, 0.15) is 11.5 Å². The second-order valence-electron chi connectivity index (χ2n) is 7.59. The number of hydrogen-bond donors (Lipinski definition) is 1. The molecule has 0 unspecified atom stereocenters. The zero-order valence-corrected chi connectivity index (χ0v) is 15.0. The molecule has 0 aliphatic heterocycles. The molecule has 0 heterocycles. The maximum Gasteiger partial charge on any atom is 0.168 e. The third kappa shape index (κ3) is 5.22. The average molecular weight is 329 g/mol. The molecular weight excluding hydrogens is 302 g/mol. The fourth-order valence-corrected chi connectivity index (χ4v) is 2.65. The largest absolute Gasteiger partial charge is 0.511 e. The summed E-state index contributed by atoms with van der Waals surface area (Å²) in [5.74, 6) is 1.43. The summed E-state index contributed by atoms with van der Waals surface area (Å²) in [6.07, 6.45) is 3.40. The van der Waals surface area contributed by atoms with Crippen molar-refractivity contribution in [2.45, 2.75) is 47.0 Å². The van der Waals surface area contributed by atoms with E-state index in [-0.39, 0.29) is 17.0 Å². The number of hydrogen-bond acceptors (Lipinski definition) is 4. The molecule has 0 amide bonds. The lowest BCUT2D eigenvalue weighted by atomic mass is 9.77. The van der Waals surface area contributed by atoms with Gasteiger partial charge in [0.2, 0.25) is 0 Å². The first-order chi connectivity index (χ1) is 11.3. The van der Waals surface area contributed by atoms with E-state index in [1.54, 1.807) is 0 Å². The van der Waals surface area contributed by atoms with Gasteiger partial charge in [0, 0.05) is 25.1 Å². The van der Waals surface area contributed by atoms with Crippen molar-refractivity contribution in [3.63, 3.8) is 0 Å². The van der Waals surface area contributed by atoms with Crippen LogP contribution < -0.4 is 4.74 Å². The third-order valence-corrected chi connectivity index (χ3v) is 4.02. The normalized spacial score (nSPS) is 17.8. The summed E-state index contributed by atoms with van der Waals surface area (Å²) >= 11 is 0. The van der Waals surface area contributed by atoms with Crippen LogP contribution in [0.2, 0.25) is 0 Å². The standard InChI is InChI=1S/C20H27NO3/c1-14(2)8-9-24-16-7-5-6-15(10-16)21-13-17-18(22)11-20(3,4)12-19(17)23/h5-7,10,13-14,22H,8-9,11-12H2,1-4H3. The van der Waals surface area contributed by atoms with Crippen LogP contribution in [0.15, 0.2) is 40.6 Å². The fourth-order valence-electron chi connectivity index (χ4n) is 2.65. The molecule has 130 valence electrons. The van der Waals surface area contributed by atoms with E-state index in [2.05, 4.69) is 18.8 Å². The predicted molar refractivity (Wildman–Crippen MR) is 97.2 cm³/mol. The van der Waals surface area contributed by atoms with E-state index in [1.807, 2.05) is 38.1 Å². The van der Waals surface area contributed by atoms with Crippen molar-refractivity contribution in [1.29, 1.82) is 0 Å². The summed E-state index contributed by atoms with van der Waals surface area (Å²) in [5.41, 5.74) is 0.832. The molecule has 0 spiro atoms. The van der Waals surface area contributed by atoms with Crippen molar-refractivity contribution < 1.29 is 14.6 Å². The molecule has 0 aromatic heterocycles. The molecule has 1 N–H and O–H groups in total. The lowest BCUT2D eigenvalue weighted by Gasteiger charge is -2.28. The molecule has 0 bridgehead atoms. The highest BCUT2D eigenvalue weighted by molar-refractivity contribution is 6.14. The third-order valence-electron chi connectivity index (χ3n) is 4.02. The summed E-state index contributed by atoms with van der Waals surface area (Å²) < 4.78 is 5.72. The summed E-state index contributed by atoms with van der Waals surface area (Å²) in [6, 6.07) is 7.45. The first-order valence-corrected chi connectivity index (χ1v) is 8.49. The quantitative estimate of drug-likeness (QED) is 0.746. The van der Waals surface area contributed by atoms with Gasteiger partial charge in [-0.2, -0.15) is 0 Å². The van der Waals surface area contributed by atoms with E-state index in [0.717, 1.165) is 12.2 Å². The first-order valence-electron chi connectivity index (χ1n) is 8.49. The van der Waals surface area contributed by atoms with E-state index in [4.69, 9.17) is 4.74 Å². The maximum absolute atomic E-state index is 12.2. The Hall–Kier alpha value is -2.10. The second kappa shape index (κ2) is 7.65. The van der Waals surface area contributed by atoms with Gasteiger partial charge in [-0.15, -0.1) is 0 Å². The number of aliphatic hydroxyl groups is 1. The van der Waals surface area contributed by atoms with E-state index >= 15 is 0 Å². The number of aliphatic imine (C=N–C) groups is 1. The van der Waals surface area contributed by atoms with E-state index in [0.29, 0.717) is 36.6 Å². The van der Waals surface area contributed by atoms with Gasteiger partial charge in [-0.25, -0.2) is 0 Å². The van der Waals surface area contributed by atoms with Crippen molar-refractivity contribution in [2.75, 3.05) is 6.61 Å². The number of ether oxygens (including phenoxy) is 1. The van der Waals surface area contributed by atoms with Crippen molar-refractivity contribution in [3.8, 4) is 5.75 Å². The Morgan fingerprint density at radius 2 is 2.08 bits per heavy atom. The topological polar surface area (TPSA) is 58.9 Å². The van der Waals surface area contributed by atoms with Gasteiger partial charge in [-0.1, -0.05) is 33.8 Å². The number of Topliss-reactive ketones (excluding diaryl/α,β-unsaturated/α-hetero) is 1. The Morgan fingerprint density at radius 1 is 1.33 bits per heavy atom. The van der Waals surface area contributed by atoms with Crippen molar-refractivity contribution >= 4 is 17.7 Å². The molecule has 4 heteroatoms. The van der Waals surface area contributed by atoms with Gasteiger partial charge in [-0.05, 0) is 29.9 Å². The van der Waals surface area contributed by atoms with E-state index in [9.17, 15) is 9.90 Å². The number of ketones is 1. The average Bonchev–Trinajstić information content (AvgIpc) is 2.45. The lowest BCUT2D eigenvalue weighted by molar-refractivity contribution is -0.117. The highest BCUT2D eigenvalue weighted by Gasteiger charge is 2.32. The minimum Gasteiger partial charge on any atom is -0.511 e. The van der Waals surface area contributed by atoms with Gasteiger partial charge in [-0.3, -0.25) is 9.79 Å². The van der Waals surface area contributed by atoms with Crippen LogP contribution in [0.1, 0.15) is 47.0 Å². The van der Waals surface area contributed by atoms with Crippen LogP contribution in [-0.2, 0) is 4.79 Å². The van der Waals surface area contributed by atoms with E-state index in [1.165, 1.54) is 6.21 Å². The molecule has 24 heavy (non-hydrogen) atoms. The molecular formula is C20H27NO3. The Bertz CT molecular complexity index is 657. The monoisotopic (exact) mass is 329 g/mol. The van der Waals surface area contributed by atoms with Gasteiger partial charge < -0.3 is 9.84 Å². The summed E-state index contributed by atoms with van der Waals surface area (Å²) in [4.78, 5) is 16.5. The molecule has 1 aliphatic rings. The van der Waals surface area contributed by atoms with Crippen LogP contribution in [-0.4, -0.2) is 23.7 Å². The van der Waals surface area contributed by atoms with Crippen molar-refractivity contribution in [1.82, 2.24) is 0 Å². The number of carbonyl (C=O) groups excluding carboxylic acids is 1. The number of nitrogens with zero attached hydrogens (tertiary/aromatic N) is 1. The number of allylic oxidation sites excluding steroid dienone is 2. The molecule has 0 atom stereocenters. The van der Waals surface area contributed by atoms with Crippen LogP contribution in [0.25, 0.3) is 0 Å². The van der Waals surface area contributed by atoms with Crippen molar-refractivity contribution in [2.24, 2.45) is 16.3 Å². The minimum absolute atomic E-state index is 0.0585. The van der Waals surface area contributed by atoms with Crippen molar-refractivity contribution in [3.05, 3.63) is 35.6 Å². The summed E-state index contributed by atoms with van der Waals surface area (Å²) in [7, 11) is 0. The zero-order valence-electron chi connectivity index (χ0n) is 15.0. The molecule has 0 saturated heterocycles. The second-order valence-corrected chi connectivity index (χ2v) is 7.59. The molecule has 1 aromatic rings. The van der Waals surface area contributed by atoms with Crippen LogP contribution in [0.3, 0.4) is 0 Å². The smallest absolute Gasteiger partial charge is 0.168 e. The van der Waals surface area contributed by atoms with Gasteiger partial charge in [0.15, 0.2) is 5.78 Å². The van der Waals surface area contributed by atoms with E-state index < -0.39 is 0 Å². The number of benzene rings is 1. The van der Waals surface area contributed by atoms with Crippen LogP contribution in [0.4, 0.5) is 5.69 Å². The Morgan fingerprint density at radius 3 is 2.75 bits per heavy atom. The minimum atomic E-state index is -0.192. The number of carbonyl (C=O) groups is 1. The molecule has 0 saturated carbocycles. The Balaban J connectivity index is 2.08. The predicted octanol–water partition coefficient (Wildman–Crippen LogP) is 5.02. The zero-order chi connectivity index (χ0) is 17.7. The van der Waals surface area contributed by atoms with Gasteiger partial charge >= 0.3 is 0 Å². The number of aliphatic hydroxyl groups excluding tert-OH is 1. The SMILES string of the molecule is CC(C)CCOc1cccc(N=CC2=C(O)CC(C)(C)CC2=O)c1. The number of rotatable bonds is 6.